The Balaban J connectivity index is 2.22. The molecular formula is C5H12N2O. The maximum atomic E-state index is 5.57. The van der Waals surface area contributed by atoms with Gasteiger partial charge in [-0.15, -0.1) is 0 Å². The van der Waals surface area contributed by atoms with Crippen LogP contribution in [0.2, 0.25) is 0 Å². The Morgan fingerprint density at radius 2 is 2.12 bits per heavy atom. The monoisotopic (exact) mass is 116 g/mol. The van der Waals surface area contributed by atoms with Crippen molar-refractivity contribution in [1.82, 2.24) is 0 Å². The molecule has 1 fully saturated rings. The van der Waals surface area contributed by atoms with E-state index < -0.39 is 0 Å². The third-order valence-electron chi connectivity index (χ3n) is 1.62. The molecule has 0 aromatic rings. The summed E-state index contributed by atoms with van der Waals surface area (Å²) in [6.45, 7) is 0. The maximum Gasteiger partial charge on any atom is 0.0802 e. The van der Waals surface area contributed by atoms with Crippen molar-refractivity contribution in [3.05, 3.63) is 0 Å². The Hall–Kier alpha value is -0.120. The van der Waals surface area contributed by atoms with Crippen molar-refractivity contribution in [2.24, 2.45) is 11.6 Å². The van der Waals surface area contributed by atoms with E-state index in [2.05, 4.69) is 4.84 Å². The Morgan fingerprint density at radius 3 is 2.38 bits per heavy atom. The molecule has 0 bridgehead atoms. The van der Waals surface area contributed by atoms with Gasteiger partial charge in [-0.2, -0.15) is 0 Å². The predicted octanol–water partition coefficient (Wildman–Crippen LogP) is -0.244. The van der Waals surface area contributed by atoms with E-state index in [1.54, 1.807) is 0 Å². The van der Waals surface area contributed by atoms with Crippen molar-refractivity contribution >= 4 is 0 Å². The third-order valence-corrected chi connectivity index (χ3v) is 1.62. The first-order valence-electron chi connectivity index (χ1n) is 2.94. The molecule has 48 valence electrons. The topological polar surface area (TPSA) is 61.3 Å². The van der Waals surface area contributed by atoms with E-state index >= 15 is 0 Å². The minimum atomic E-state index is 0.227. The van der Waals surface area contributed by atoms with E-state index in [1.807, 2.05) is 0 Å². The molecule has 1 saturated carbocycles. The second kappa shape index (κ2) is 2.44. The van der Waals surface area contributed by atoms with Gasteiger partial charge in [0.15, 0.2) is 0 Å². The predicted molar refractivity (Wildman–Crippen MR) is 30.9 cm³/mol. The summed E-state index contributed by atoms with van der Waals surface area (Å²) in [6.07, 6.45) is 3.24. The van der Waals surface area contributed by atoms with Crippen LogP contribution >= 0.6 is 0 Å². The fourth-order valence-corrected chi connectivity index (χ4v) is 1.10. The second-order valence-electron chi connectivity index (χ2n) is 2.33. The van der Waals surface area contributed by atoms with Crippen molar-refractivity contribution in [3.8, 4) is 0 Å². The lowest BCUT2D eigenvalue weighted by atomic mass is 10.3. The lowest BCUT2D eigenvalue weighted by molar-refractivity contribution is 0.0579. The summed E-state index contributed by atoms with van der Waals surface area (Å²) in [7, 11) is 0. The van der Waals surface area contributed by atoms with Crippen LogP contribution in [0.1, 0.15) is 19.3 Å². The molecular weight excluding hydrogens is 104 g/mol. The summed E-state index contributed by atoms with van der Waals surface area (Å²) in [5.41, 5.74) is 5.57. The average Bonchev–Trinajstić information content (AvgIpc) is 2.14. The smallest absolute Gasteiger partial charge is 0.0802 e. The van der Waals surface area contributed by atoms with Crippen molar-refractivity contribution in [3.63, 3.8) is 0 Å². The number of hydrogen-bond acceptors (Lipinski definition) is 3. The molecule has 1 rings (SSSR count). The number of rotatable bonds is 1. The van der Waals surface area contributed by atoms with Crippen LogP contribution in [-0.2, 0) is 4.84 Å². The van der Waals surface area contributed by atoms with E-state index in [-0.39, 0.29) is 6.10 Å². The summed E-state index contributed by atoms with van der Waals surface area (Å²) < 4.78 is 0. The summed E-state index contributed by atoms with van der Waals surface area (Å²) >= 11 is 0. The number of hydrogen-bond donors (Lipinski definition) is 2. The molecule has 0 aliphatic heterocycles. The summed E-state index contributed by atoms with van der Waals surface area (Å²) in [5, 5.41) is 0. The molecule has 3 nitrogen and oxygen atoms in total. The van der Waals surface area contributed by atoms with Crippen LogP contribution < -0.4 is 11.6 Å². The van der Waals surface area contributed by atoms with E-state index in [0.717, 1.165) is 19.3 Å². The van der Waals surface area contributed by atoms with E-state index in [1.165, 1.54) is 0 Å². The van der Waals surface area contributed by atoms with Gasteiger partial charge < -0.3 is 10.6 Å². The van der Waals surface area contributed by atoms with Crippen LogP contribution in [0.15, 0.2) is 0 Å². The minimum Gasteiger partial charge on any atom is -0.328 e. The van der Waals surface area contributed by atoms with Gasteiger partial charge in [0.25, 0.3) is 0 Å². The molecule has 0 heterocycles. The maximum absolute atomic E-state index is 5.57. The Bertz CT molecular complexity index is 76.8. The Morgan fingerprint density at radius 1 is 1.38 bits per heavy atom. The first kappa shape index (κ1) is 6.01. The third kappa shape index (κ3) is 1.18. The van der Waals surface area contributed by atoms with Gasteiger partial charge in [-0.1, -0.05) is 0 Å². The van der Waals surface area contributed by atoms with E-state index in [4.69, 9.17) is 11.6 Å². The molecule has 4 N–H and O–H groups in total. The van der Waals surface area contributed by atoms with Gasteiger partial charge in [-0.3, -0.25) is 0 Å². The highest BCUT2D eigenvalue weighted by Gasteiger charge is 2.21. The molecule has 0 amide bonds. The Kier molecular flexibility index (Phi) is 1.83. The van der Waals surface area contributed by atoms with Gasteiger partial charge in [-0.25, -0.2) is 5.90 Å². The largest absolute Gasteiger partial charge is 0.328 e. The van der Waals surface area contributed by atoms with Crippen molar-refractivity contribution in [2.45, 2.75) is 31.4 Å². The summed E-state index contributed by atoms with van der Waals surface area (Å²) in [5.74, 6) is 4.94. The van der Waals surface area contributed by atoms with E-state index in [9.17, 15) is 0 Å². The molecule has 3 heteroatoms. The summed E-state index contributed by atoms with van der Waals surface area (Å²) in [6, 6.07) is 0.323. The van der Waals surface area contributed by atoms with Gasteiger partial charge in [0.2, 0.25) is 0 Å². The quantitative estimate of drug-likeness (QED) is 0.465. The molecule has 1 aliphatic carbocycles. The van der Waals surface area contributed by atoms with Gasteiger partial charge in [0, 0.05) is 6.04 Å². The van der Waals surface area contributed by atoms with Crippen molar-refractivity contribution in [2.75, 3.05) is 0 Å². The van der Waals surface area contributed by atoms with Crippen LogP contribution in [0.5, 0.6) is 0 Å². The highest BCUT2D eigenvalue weighted by molar-refractivity contribution is 4.77. The normalized spacial score (nSPS) is 38.2. The Labute approximate surface area is 48.9 Å². The van der Waals surface area contributed by atoms with Gasteiger partial charge in [0.05, 0.1) is 6.10 Å². The van der Waals surface area contributed by atoms with Crippen LogP contribution in [0, 0.1) is 0 Å². The zero-order valence-corrected chi connectivity index (χ0v) is 4.84. The van der Waals surface area contributed by atoms with Gasteiger partial charge in [0.1, 0.15) is 0 Å². The fourth-order valence-electron chi connectivity index (χ4n) is 1.10. The standard InChI is InChI=1S/C5H12N2O/c6-4-1-2-5(3-4)8-7/h4-5H,1-3,6-7H2. The molecule has 0 aromatic heterocycles. The summed E-state index contributed by atoms with van der Waals surface area (Å²) in [4.78, 5) is 4.60. The molecule has 2 atom stereocenters. The zero-order valence-electron chi connectivity index (χ0n) is 4.84. The van der Waals surface area contributed by atoms with Crippen molar-refractivity contribution < 1.29 is 4.84 Å². The first-order valence-corrected chi connectivity index (χ1v) is 2.94. The molecule has 0 spiro atoms. The zero-order chi connectivity index (χ0) is 5.98. The lowest BCUT2D eigenvalue weighted by Gasteiger charge is -2.03. The van der Waals surface area contributed by atoms with E-state index in [0.29, 0.717) is 6.04 Å². The fraction of sp³-hybridized carbons (Fsp3) is 1.00. The average molecular weight is 116 g/mol. The first-order chi connectivity index (χ1) is 3.83. The second-order valence-corrected chi connectivity index (χ2v) is 2.33. The van der Waals surface area contributed by atoms with Gasteiger partial charge in [-0.05, 0) is 19.3 Å². The minimum absolute atomic E-state index is 0.227. The molecule has 0 aromatic carbocycles. The lowest BCUT2D eigenvalue weighted by Crippen LogP contribution is -2.19. The molecule has 0 radical (unpaired) electrons. The SMILES string of the molecule is NOC1CCC(N)C1. The highest BCUT2D eigenvalue weighted by Crippen LogP contribution is 2.18. The molecule has 8 heavy (non-hydrogen) atoms. The van der Waals surface area contributed by atoms with Crippen LogP contribution in [0.3, 0.4) is 0 Å². The molecule has 1 aliphatic rings. The van der Waals surface area contributed by atoms with Crippen molar-refractivity contribution in [1.29, 1.82) is 0 Å². The molecule has 0 saturated heterocycles. The van der Waals surface area contributed by atoms with Crippen LogP contribution in [0.4, 0.5) is 0 Å². The van der Waals surface area contributed by atoms with Crippen LogP contribution in [-0.4, -0.2) is 12.1 Å². The highest BCUT2D eigenvalue weighted by atomic mass is 16.6. The van der Waals surface area contributed by atoms with Crippen LogP contribution in [0.25, 0.3) is 0 Å². The van der Waals surface area contributed by atoms with Gasteiger partial charge >= 0.3 is 0 Å². The molecule has 2 unspecified atom stereocenters. The number of nitrogens with two attached hydrogens (primary N) is 2.